The second-order valence-electron chi connectivity index (χ2n) is 4.24. The summed E-state index contributed by atoms with van der Waals surface area (Å²) in [4.78, 5) is 29.2. The van der Waals surface area contributed by atoms with Crippen molar-refractivity contribution >= 4 is 35.0 Å². The average Bonchev–Trinajstić information content (AvgIpc) is 2.83. The first-order valence-electron chi connectivity index (χ1n) is 6.40. The van der Waals surface area contributed by atoms with Gasteiger partial charge < -0.3 is 9.64 Å². The number of nitrogens with zero attached hydrogens (tertiary/aromatic N) is 2. The smallest absolute Gasteiger partial charge is 0.325 e. The molecule has 1 rings (SSSR count). The quantitative estimate of drug-likeness (QED) is 0.687. The Morgan fingerprint density at radius 3 is 2.80 bits per heavy atom. The molecule has 0 fully saturated rings. The molecule has 0 aliphatic rings. The Hall–Kier alpha value is -1.08. The molecule has 0 atom stereocenters. The summed E-state index contributed by atoms with van der Waals surface area (Å²) in [5, 5.41) is 3.04. The fourth-order valence-corrected chi connectivity index (χ4v) is 3.13. The maximum absolute atomic E-state index is 12.1. The molecule has 0 aliphatic heterocycles. The van der Waals surface area contributed by atoms with E-state index in [0.717, 1.165) is 17.1 Å². The number of carbonyl (C=O) groups is 2. The number of hydrogen-bond donors (Lipinski definition) is 0. The topological polar surface area (TPSA) is 59.5 Å². The van der Waals surface area contributed by atoms with Crippen molar-refractivity contribution in [2.75, 3.05) is 26.0 Å². The van der Waals surface area contributed by atoms with Gasteiger partial charge >= 0.3 is 5.97 Å². The number of carbonyl (C=O) groups excluding carboxylic acids is 2. The molecule has 0 aromatic carbocycles. The van der Waals surface area contributed by atoms with E-state index in [1.54, 1.807) is 16.2 Å². The van der Waals surface area contributed by atoms with Gasteiger partial charge in [-0.2, -0.15) is 0 Å². The molecule has 1 aromatic heterocycles. The van der Waals surface area contributed by atoms with Crippen LogP contribution >= 0.6 is 23.1 Å². The Balaban J connectivity index is 2.39. The van der Waals surface area contributed by atoms with E-state index in [9.17, 15) is 9.59 Å². The molecule has 0 radical (unpaired) electrons. The Morgan fingerprint density at radius 1 is 1.50 bits per heavy atom. The van der Waals surface area contributed by atoms with Gasteiger partial charge in [0.25, 0.3) is 0 Å². The number of hydrogen-bond acceptors (Lipinski definition) is 6. The number of amides is 1. The van der Waals surface area contributed by atoms with Crippen molar-refractivity contribution in [3.8, 4) is 0 Å². The number of esters is 1. The van der Waals surface area contributed by atoms with Gasteiger partial charge in [-0.15, -0.1) is 23.1 Å². The van der Waals surface area contributed by atoms with Crippen LogP contribution < -0.4 is 0 Å². The third kappa shape index (κ3) is 5.92. The normalized spacial score (nSPS) is 10.3. The van der Waals surface area contributed by atoms with Gasteiger partial charge in [-0.3, -0.25) is 9.59 Å². The highest BCUT2D eigenvalue weighted by Crippen LogP contribution is 2.15. The van der Waals surface area contributed by atoms with Gasteiger partial charge in [-0.25, -0.2) is 4.98 Å². The monoisotopic (exact) mass is 316 g/mol. The van der Waals surface area contributed by atoms with Crippen molar-refractivity contribution in [1.82, 2.24) is 9.88 Å². The minimum absolute atomic E-state index is 0.0273. The van der Waals surface area contributed by atoms with Crippen molar-refractivity contribution in [3.63, 3.8) is 0 Å². The summed E-state index contributed by atoms with van der Waals surface area (Å²) in [6.45, 7) is 4.54. The van der Waals surface area contributed by atoms with E-state index in [-0.39, 0.29) is 18.4 Å². The number of rotatable bonds is 8. The summed E-state index contributed by atoms with van der Waals surface area (Å²) in [6.07, 6.45) is 0.818. The highest BCUT2D eigenvalue weighted by molar-refractivity contribution is 7.99. The van der Waals surface area contributed by atoms with E-state index in [2.05, 4.69) is 9.72 Å². The van der Waals surface area contributed by atoms with Crippen LogP contribution in [0.15, 0.2) is 5.38 Å². The zero-order valence-electron chi connectivity index (χ0n) is 12.0. The predicted octanol–water partition coefficient (Wildman–Crippen LogP) is 2.10. The molecule has 20 heavy (non-hydrogen) atoms. The predicted molar refractivity (Wildman–Crippen MR) is 81.9 cm³/mol. The van der Waals surface area contributed by atoms with Crippen molar-refractivity contribution in [3.05, 3.63) is 16.1 Å². The fourth-order valence-electron chi connectivity index (χ4n) is 1.59. The molecular weight excluding hydrogens is 296 g/mol. The summed E-state index contributed by atoms with van der Waals surface area (Å²) in [6, 6.07) is 0. The van der Waals surface area contributed by atoms with Crippen LogP contribution in [0.2, 0.25) is 0 Å². The maximum Gasteiger partial charge on any atom is 0.325 e. The fraction of sp³-hybridized carbons (Fsp3) is 0.615. The number of thioether (sulfide) groups is 1. The van der Waals surface area contributed by atoms with Crippen LogP contribution in [0, 0.1) is 6.92 Å². The van der Waals surface area contributed by atoms with E-state index in [1.165, 1.54) is 18.9 Å². The SMILES string of the molecule is CCCN(CC(=O)OC)C(=O)CSCc1csc(C)n1. The minimum atomic E-state index is -0.382. The lowest BCUT2D eigenvalue weighted by Gasteiger charge is -2.20. The van der Waals surface area contributed by atoms with Gasteiger partial charge in [-0.05, 0) is 13.3 Å². The molecule has 0 unspecified atom stereocenters. The van der Waals surface area contributed by atoms with E-state index >= 15 is 0 Å². The lowest BCUT2D eigenvalue weighted by atomic mass is 10.4. The molecule has 0 aliphatic carbocycles. The first-order valence-corrected chi connectivity index (χ1v) is 8.43. The summed E-state index contributed by atoms with van der Waals surface area (Å²) >= 11 is 3.13. The number of thiazole rings is 1. The lowest BCUT2D eigenvalue weighted by Crippen LogP contribution is -2.37. The maximum atomic E-state index is 12.1. The highest BCUT2D eigenvalue weighted by atomic mass is 32.2. The van der Waals surface area contributed by atoms with Crippen molar-refractivity contribution in [2.45, 2.75) is 26.0 Å². The zero-order valence-corrected chi connectivity index (χ0v) is 13.7. The van der Waals surface area contributed by atoms with Crippen LogP contribution in [-0.4, -0.2) is 47.7 Å². The van der Waals surface area contributed by atoms with Gasteiger partial charge in [0.15, 0.2) is 0 Å². The molecule has 0 N–H and O–H groups in total. The van der Waals surface area contributed by atoms with Crippen molar-refractivity contribution < 1.29 is 14.3 Å². The van der Waals surface area contributed by atoms with Crippen LogP contribution in [0.25, 0.3) is 0 Å². The van der Waals surface area contributed by atoms with Crippen LogP contribution in [0.1, 0.15) is 24.0 Å². The molecule has 0 spiro atoms. The third-order valence-corrected chi connectivity index (χ3v) is 4.31. The molecule has 112 valence electrons. The molecule has 0 saturated carbocycles. The van der Waals surface area contributed by atoms with Crippen LogP contribution in [0.3, 0.4) is 0 Å². The first kappa shape index (κ1) is 17.0. The molecule has 0 saturated heterocycles. The summed E-state index contributed by atoms with van der Waals surface area (Å²) in [5.41, 5.74) is 1.00. The molecule has 1 amide bonds. The average molecular weight is 316 g/mol. The standard InChI is InChI=1S/C13H20N2O3S2/c1-4-5-15(6-13(17)18-3)12(16)9-19-7-11-8-20-10(2)14-11/h8H,4-7,9H2,1-3H3. The largest absolute Gasteiger partial charge is 0.468 e. The highest BCUT2D eigenvalue weighted by Gasteiger charge is 2.16. The van der Waals surface area contributed by atoms with Gasteiger partial charge in [0.1, 0.15) is 6.54 Å². The van der Waals surface area contributed by atoms with Crippen molar-refractivity contribution in [1.29, 1.82) is 0 Å². The van der Waals surface area contributed by atoms with Crippen molar-refractivity contribution in [2.24, 2.45) is 0 Å². The van der Waals surface area contributed by atoms with E-state index in [4.69, 9.17) is 0 Å². The Kier molecular flexibility index (Phi) is 7.61. The minimum Gasteiger partial charge on any atom is -0.468 e. The third-order valence-electron chi connectivity index (χ3n) is 2.54. The summed E-state index contributed by atoms with van der Waals surface area (Å²) in [5.74, 6) is 0.656. The lowest BCUT2D eigenvalue weighted by molar-refractivity contribution is -0.146. The second kappa shape index (κ2) is 8.97. The second-order valence-corrected chi connectivity index (χ2v) is 6.29. The number of aromatic nitrogens is 1. The van der Waals surface area contributed by atoms with E-state index < -0.39 is 0 Å². The molecule has 1 aromatic rings. The van der Waals surface area contributed by atoms with E-state index in [0.29, 0.717) is 18.1 Å². The molecule has 1 heterocycles. The van der Waals surface area contributed by atoms with Gasteiger partial charge in [0, 0.05) is 17.7 Å². The summed E-state index contributed by atoms with van der Waals surface area (Å²) in [7, 11) is 1.33. The first-order chi connectivity index (χ1) is 9.56. The molecule has 5 nitrogen and oxygen atoms in total. The zero-order chi connectivity index (χ0) is 15.0. The van der Waals surface area contributed by atoms with Gasteiger partial charge in [0.05, 0.1) is 23.6 Å². The van der Waals surface area contributed by atoms with Crippen LogP contribution in [0.5, 0.6) is 0 Å². The van der Waals surface area contributed by atoms with Crippen LogP contribution in [-0.2, 0) is 20.1 Å². The molecule has 0 bridgehead atoms. The number of ether oxygens (including phenoxy) is 1. The summed E-state index contributed by atoms with van der Waals surface area (Å²) < 4.78 is 4.61. The molecular formula is C13H20N2O3S2. The molecule has 7 heteroatoms. The Morgan fingerprint density at radius 2 is 2.25 bits per heavy atom. The Labute approximate surface area is 127 Å². The Bertz CT molecular complexity index is 449. The van der Waals surface area contributed by atoms with Gasteiger partial charge in [-0.1, -0.05) is 6.92 Å². The van der Waals surface area contributed by atoms with Crippen LogP contribution in [0.4, 0.5) is 0 Å². The van der Waals surface area contributed by atoms with Gasteiger partial charge in [0.2, 0.25) is 5.91 Å². The van der Waals surface area contributed by atoms with E-state index in [1.807, 2.05) is 19.2 Å². The number of aryl methyl sites for hydroxylation is 1. The number of methoxy groups -OCH3 is 1.